The number of nitrogens with zero attached hydrogens (tertiary/aromatic N) is 5. The molecule has 2 heterocycles. The zero-order chi connectivity index (χ0) is 25.7. The highest BCUT2D eigenvalue weighted by atomic mass is 35.5. The van der Waals surface area contributed by atoms with E-state index in [-0.39, 0.29) is 11.7 Å². The number of carbonyl (C=O) groups excluding carboxylic acids is 1. The lowest BCUT2D eigenvalue weighted by Gasteiger charge is -2.36. The summed E-state index contributed by atoms with van der Waals surface area (Å²) in [6.45, 7) is 2.42. The van der Waals surface area contributed by atoms with Crippen LogP contribution in [0, 0.1) is 0 Å². The fourth-order valence-corrected chi connectivity index (χ4v) is 4.88. The van der Waals surface area contributed by atoms with Crippen LogP contribution in [-0.2, 0) is 17.5 Å². The molecule has 1 fully saturated rings. The van der Waals surface area contributed by atoms with E-state index in [1.807, 2.05) is 47.2 Å². The van der Waals surface area contributed by atoms with Crippen molar-refractivity contribution < 1.29 is 18.0 Å². The van der Waals surface area contributed by atoms with Crippen molar-refractivity contribution in [2.24, 2.45) is 0 Å². The van der Waals surface area contributed by atoms with Crippen molar-refractivity contribution in [2.75, 3.05) is 48.8 Å². The maximum Gasteiger partial charge on any atom is 0.416 e. The van der Waals surface area contributed by atoms with Gasteiger partial charge >= 0.3 is 6.18 Å². The van der Waals surface area contributed by atoms with Crippen LogP contribution >= 0.6 is 23.4 Å². The Hall–Kier alpha value is -2.98. The van der Waals surface area contributed by atoms with Crippen LogP contribution in [-0.4, -0.2) is 59.8 Å². The maximum absolute atomic E-state index is 13.0. The largest absolute Gasteiger partial charge is 0.416 e. The number of rotatable bonds is 7. The van der Waals surface area contributed by atoms with E-state index in [1.165, 1.54) is 17.8 Å². The van der Waals surface area contributed by atoms with E-state index in [0.29, 0.717) is 54.5 Å². The summed E-state index contributed by atoms with van der Waals surface area (Å²) in [5.41, 5.74) is 0.958. The van der Waals surface area contributed by atoms with Gasteiger partial charge in [0.25, 0.3) is 0 Å². The number of benzene rings is 2. The van der Waals surface area contributed by atoms with Crippen molar-refractivity contribution in [3.05, 3.63) is 76.9 Å². The minimum Gasteiger partial charge on any atom is -0.368 e. The molecule has 0 atom stereocenters. The first kappa shape index (κ1) is 26.1. The Kier molecular flexibility index (Phi) is 8.25. The van der Waals surface area contributed by atoms with Crippen LogP contribution < -0.4 is 9.80 Å². The molecule has 0 bridgehead atoms. The molecule has 6 nitrogen and oxygen atoms in total. The molecule has 3 aromatic rings. The predicted molar refractivity (Wildman–Crippen MR) is 137 cm³/mol. The standard InChI is InChI=1S/C25H25ClF3N5OS/c1-32(16-18-6-3-2-4-7-18)22-15-21(26)30-24(31-22)36-17-23(35)34-12-10-33(11-13-34)20-9-5-8-19(14-20)25(27,28)29/h2-9,14-15H,10-13,16-17H2,1H3. The minimum absolute atomic E-state index is 0.0774. The third-order valence-electron chi connectivity index (χ3n) is 5.81. The van der Waals surface area contributed by atoms with Gasteiger partial charge in [-0.3, -0.25) is 4.79 Å². The molecule has 11 heteroatoms. The van der Waals surface area contributed by atoms with Crippen LogP contribution in [0.5, 0.6) is 0 Å². The summed E-state index contributed by atoms with van der Waals surface area (Å²) in [6.07, 6.45) is -4.39. The Morgan fingerprint density at radius 1 is 1.03 bits per heavy atom. The van der Waals surface area contributed by atoms with Crippen LogP contribution in [0.15, 0.2) is 65.8 Å². The average molecular weight is 536 g/mol. The smallest absolute Gasteiger partial charge is 0.368 e. The molecule has 1 amide bonds. The molecular formula is C25H25ClF3N5OS. The molecule has 0 aliphatic carbocycles. The Bertz CT molecular complexity index is 1190. The van der Waals surface area contributed by atoms with E-state index in [1.54, 1.807) is 17.0 Å². The van der Waals surface area contributed by atoms with E-state index in [9.17, 15) is 18.0 Å². The summed E-state index contributed by atoms with van der Waals surface area (Å²) in [5, 5.41) is 0.706. The number of alkyl halides is 3. The third-order valence-corrected chi connectivity index (χ3v) is 6.84. The lowest BCUT2D eigenvalue weighted by atomic mass is 10.1. The predicted octanol–water partition coefficient (Wildman–Crippen LogP) is 5.23. The first-order valence-corrected chi connectivity index (χ1v) is 12.7. The zero-order valence-electron chi connectivity index (χ0n) is 19.6. The number of hydrogen-bond donors (Lipinski definition) is 0. The fraction of sp³-hybridized carbons (Fsp3) is 0.320. The molecule has 190 valence electrons. The van der Waals surface area contributed by atoms with Gasteiger partial charge in [0, 0.05) is 51.5 Å². The number of piperazine rings is 1. The lowest BCUT2D eigenvalue weighted by Crippen LogP contribution is -2.49. The number of hydrogen-bond acceptors (Lipinski definition) is 6. The highest BCUT2D eigenvalue weighted by Gasteiger charge is 2.31. The minimum atomic E-state index is -4.39. The second-order valence-corrected chi connectivity index (χ2v) is 9.71. The third kappa shape index (κ3) is 6.82. The van der Waals surface area contributed by atoms with Crippen LogP contribution in [0.2, 0.25) is 5.15 Å². The van der Waals surface area contributed by atoms with Gasteiger partial charge in [0.2, 0.25) is 5.91 Å². The number of aromatic nitrogens is 2. The van der Waals surface area contributed by atoms with Crippen molar-refractivity contribution in [3.8, 4) is 0 Å². The van der Waals surface area contributed by atoms with E-state index in [4.69, 9.17) is 11.6 Å². The molecule has 0 unspecified atom stereocenters. The molecule has 0 saturated carbocycles. The van der Waals surface area contributed by atoms with Gasteiger partial charge < -0.3 is 14.7 Å². The van der Waals surface area contributed by atoms with Gasteiger partial charge in [0.15, 0.2) is 5.16 Å². The number of amides is 1. The molecule has 1 aliphatic rings. The van der Waals surface area contributed by atoms with Crippen LogP contribution in [0.4, 0.5) is 24.7 Å². The van der Waals surface area contributed by atoms with Gasteiger partial charge in [-0.2, -0.15) is 13.2 Å². The quantitative estimate of drug-likeness (QED) is 0.235. The molecule has 0 radical (unpaired) electrons. The number of thioether (sulfide) groups is 1. The molecule has 1 aromatic heterocycles. The zero-order valence-corrected chi connectivity index (χ0v) is 21.2. The van der Waals surface area contributed by atoms with Gasteiger partial charge in [-0.1, -0.05) is 59.8 Å². The Morgan fingerprint density at radius 3 is 2.44 bits per heavy atom. The van der Waals surface area contributed by atoms with E-state index < -0.39 is 11.7 Å². The molecule has 2 aromatic carbocycles. The first-order chi connectivity index (χ1) is 17.2. The summed E-state index contributed by atoms with van der Waals surface area (Å²) in [6, 6.07) is 16.9. The second-order valence-electron chi connectivity index (χ2n) is 8.38. The highest BCUT2D eigenvalue weighted by molar-refractivity contribution is 7.99. The van der Waals surface area contributed by atoms with Gasteiger partial charge in [-0.15, -0.1) is 0 Å². The van der Waals surface area contributed by atoms with Crippen LogP contribution in [0.25, 0.3) is 0 Å². The summed E-state index contributed by atoms with van der Waals surface area (Å²) in [4.78, 5) is 27.1. The normalized spacial score (nSPS) is 14.1. The monoisotopic (exact) mass is 535 g/mol. The molecule has 1 aliphatic heterocycles. The second kappa shape index (κ2) is 11.4. The molecule has 4 rings (SSSR count). The number of anilines is 2. The fourth-order valence-electron chi connectivity index (χ4n) is 3.89. The summed E-state index contributed by atoms with van der Waals surface area (Å²) < 4.78 is 39.1. The number of carbonyl (C=O) groups is 1. The highest BCUT2D eigenvalue weighted by Crippen LogP contribution is 2.32. The van der Waals surface area contributed by atoms with Crippen molar-refractivity contribution in [2.45, 2.75) is 17.9 Å². The Morgan fingerprint density at radius 2 is 1.75 bits per heavy atom. The SMILES string of the molecule is CN(Cc1ccccc1)c1cc(Cl)nc(SCC(=O)N2CCN(c3cccc(C(F)(F)F)c3)CC2)n1. The molecular weight excluding hydrogens is 511 g/mol. The number of halogens is 4. The van der Waals surface area contributed by atoms with Gasteiger partial charge in [-0.25, -0.2) is 9.97 Å². The molecule has 36 heavy (non-hydrogen) atoms. The topological polar surface area (TPSA) is 52.6 Å². The van der Waals surface area contributed by atoms with Crippen LogP contribution in [0.3, 0.4) is 0 Å². The van der Waals surface area contributed by atoms with Crippen molar-refractivity contribution in [1.29, 1.82) is 0 Å². The average Bonchev–Trinajstić information content (AvgIpc) is 2.87. The van der Waals surface area contributed by atoms with E-state index in [2.05, 4.69) is 9.97 Å². The summed E-state index contributed by atoms with van der Waals surface area (Å²) in [7, 11) is 1.91. The van der Waals surface area contributed by atoms with Crippen molar-refractivity contribution >= 4 is 40.8 Å². The van der Waals surface area contributed by atoms with E-state index in [0.717, 1.165) is 17.7 Å². The Balaban J connectivity index is 1.31. The molecule has 0 N–H and O–H groups in total. The van der Waals surface area contributed by atoms with Crippen molar-refractivity contribution in [1.82, 2.24) is 14.9 Å². The molecule has 1 saturated heterocycles. The van der Waals surface area contributed by atoms with Crippen molar-refractivity contribution in [3.63, 3.8) is 0 Å². The summed E-state index contributed by atoms with van der Waals surface area (Å²) >= 11 is 7.43. The van der Waals surface area contributed by atoms with Gasteiger partial charge in [-0.05, 0) is 23.8 Å². The van der Waals surface area contributed by atoms with Crippen LogP contribution in [0.1, 0.15) is 11.1 Å². The van der Waals surface area contributed by atoms with E-state index >= 15 is 0 Å². The summed E-state index contributed by atoms with van der Waals surface area (Å²) in [5.74, 6) is 0.723. The van der Waals surface area contributed by atoms with Gasteiger partial charge in [0.05, 0.1) is 11.3 Å². The Labute approximate surface area is 217 Å². The lowest BCUT2D eigenvalue weighted by molar-refractivity contribution is -0.137. The maximum atomic E-state index is 13.0. The van der Waals surface area contributed by atoms with Gasteiger partial charge in [0.1, 0.15) is 11.0 Å². The molecule has 0 spiro atoms. The first-order valence-electron chi connectivity index (χ1n) is 11.3.